The third-order valence-electron chi connectivity index (χ3n) is 3.98. The highest BCUT2D eigenvalue weighted by molar-refractivity contribution is 5.86. The van der Waals surface area contributed by atoms with Crippen LogP contribution in [0.2, 0.25) is 0 Å². The first-order valence-electron chi connectivity index (χ1n) is 7.20. The fourth-order valence-corrected chi connectivity index (χ4v) is 2.45. The van der Waals surface area contributed by atoms with E-state index < -0.39 is 5.41 Å². The molecule has 0 aromatic rings. The van der Waals surface area contributed by atoms with Crippen molar-refractivity contribution in [2.24, 2.45) is 22.2 Å². The summed E-state index contributed by atoms with van der Waals surface area (Å²) in [5, 5.41) is 14.6. The standard InChI is InChI=1S/C14H27N3O2/c1-14(2,13(15)17-19)10-16-12(18)9-11-7-5-3-4-6-8-11/h11,19H,3-10H2,1-2H3,(H2,15,17)(H,16,18). The van der Waals surface area contributed by atoms with E-state index in [0.717, 1.165) is 12.8 Å². The summed E-state index contributed by atoms with van der Waals surface area (Å²) in [4.78, 5) is 11.9. The Bertz CT molecular complexity index is 319. The quantitative estimate of drug-likeness (QED) is 0.235. The van der Waals surface area contributed by atoms with Crippen LogP contribution >= 0.6 is 0 Å². The van der Waals surface area contributed by atoms with E-state index in [1.807, 2.05) is 13.8 Å². The molecule has 1 aliphatic carbocycles. The average Bonchev–Trinajstić information content (AvgIpc) is 2.64. The molecule has 1 aliphatic rings. The van der Waals surface area contributed by atoms with Gasteiger partial charge in [0.05, 0.1) is 0 Å². The molecule has 1 amide bonds. The van der Waals surface area contributed by atoms with Crippen LogP contribution in [-0.4, -0.2) is 23.5 Å². The van der Waals surface area contributed by atoms with Crippen LogP contribution in [0.3, 0.4) is 0 Å². The van der Waals surface area contributed by atoms with Gasteiger partial charge in [-0.1, -0.05) is 44.7 Å². The number of nitrogens with one attached hydrogen (secondary N) is 1. The van der Waals surface area contributed by atoms with Crippen LogP contribution in [0.1, 0.15) is 58.8 Å². The topological polar surface area (TPSA) is 87.7 Å². The van der Waals surface area contributed by atoms with Crippen LogP contribution < -0.4 is 11.1 Å². The van der Waals surface area contributed by atoms with Gasteiger partial charge in [0.15, 0.2) is 0 Å². The second-order valence-corrected chi connectivity index (χ2v) is 6.21. The molecule has 0 aromatic carbocycles. The van der Waals surface area contributed by atoms with Gasteiger partial charge in [-0.15, -0.1) is 0 Å². The molecule has 0 unspecified atom stereocenters. The number of hydrogen-bond donors (Lipinski definition) is 3. The van der Waals surface area contributed by atoms with E-state index in [0.29, 0.717) is 18.9 Å². The summed E-state index contributed by atoms with van der Waals surface area (Å²) < 4.78 is 0. The first-order valence-corrected chi connectivity index (χ1v) is 7.20. The lowest BCUT2D eigenvalue weighted by molar-refractivity contribution is -0.122. The Kier molecular flexibility index (Phi) is 6.12. The molecule has 110 valence electrons. The predicted octanol–water partition coefficient (Wildman–Crippen LogP) is 2.24. The van der Waals surface area contributed by atoms with Crippen LogP contribution in [0.5, 0.6) is 0 Å². The van der Waals surface area contributed by atoms with Crippen molar-refractivity contribution in [3.63, 3.8) is 0 Å². The predicted molar refractivity (Wildman–Crippen MR) is 76.0 cm³/mol. The van der Waals surface area contributed by atoms with Crippen LogP contribution in [0.15, 0.2) is 5.16 Å². The Hall–Kier alpha value is -1.26. The van der Waals surface area contributed by atoms with Gasteiger partial charge < -0.3 is 16.3 Å². The molecule has 0 saturated heterocycles. The molecule has 0 radical (unpaired) electrons. The summed E-state index contributed by atoms with van der Waals surface area (Å²) >= 11 is 0. The molecule has 1 fully saturated rings. The first-order chi connectivity index (χ1) is 8.95. The highest BCUT2D eigenvalue weighted by Crippen LogP contribution is 2.25. The Morgan fingerprint density at radius 2 is 1.89 bits per heavy atom. The minimum absolute atomic E-state index is 0.0747. The van der Waals surface area contributed by atoms with E-state index in [9.17, 15) is 4.79 Å². The summed E-state index contributed by atoms with van der Waals surface area (Å²) in [6.45, 7) is 4.08. The number of amidine groups is 1. The number of hydrogen-bond acceptors (Lipinski definition) is 3. The van der Waals surface area contributed by atoms with Crippen LogP contribution in [-0.2, 0) is 4.79 Å². The van der Waals surface area contributed by atoms with Crippen LogP contribution in [0.25, 0.3) is 0 Å². The van der Waals surface area contributed by atoms with Gasteiger partial charge in [-0.3, -0.25) is 4.79 Å². The molecule has 0 bridgehead atoms. The summed E-state index contributed by atoms with van der Waals surface area (Å²) in [5.74, 6) is 0.738. The molecule has 5 heteroatoms. The van der Waals surface area contributed by atoms with Gasteiger partial charge in [-0.25, -0.2) is 0 Å². The molecule has 0 atom stereocenters. The minimum atomic E-state index is -0.520. The molecule has 0 aliphatic heterocycles. The van der Waals surface area contributed by atoms with Crippen molar-refractivity contribution in [3.05, 3.63) is 0 Å². The summed E-state index contributed by atoms with van der Waals surface area (Å²) in [5.41, 5.74) is 5.07. The first kappa shape index (κ1) is 15.8. The van der Waals surface area contributed by atoms with Gasteiger partial charge in [0.1, 0.15) is 5.84 Å². The summed E-state index contributed by atoms with van der Waals surface area (Å²) in [7, 11) is 0. The number of carbonyl (C=O) groups excluding carboxylic acids is 1. The summed E-state index contributed by atoms with van der Waals surface area (Å²) in [6.07, 6.45) is 8.02. The lowest BCUT2D eigenvalue weighted by Gasteiger charge is -2.23. The van der Waals surface area contributed by atoms with Crippen molar-refractivity contribution in [1.82, 2.24) is 5.32 Å². The van der Waals surface area contributed by atoms with Gasteiger partial charge in [-0.2, -0.15) is 0 Å². The molecule has 1 saturated carbocycles. The molecule has 0 aromatic heterocycles. The number of amides is 1. The smallest absolute Gasteiger partial charge is 0.220 e. The Labute approximate surface area is 115 Å². The van der Waals surface area contributed by atoms with Crippen molar-refractivity contribution >= 4 is 11.7 Å². The largest absolute Gasteiger partial charge is 0.409 e. The molecular formula is C14H27N3O2. The Morgan fingerprint density at radius 1 is 1.32 bits per heavy atom. The number of nitrogens with zero attached hydrogens (tertiary/aromatic N) is 1. The maximum Gasteiger partial charge on any atom is 0.220 e. The van der Waals surface area contributed by atoms with Crippen molar-refractivity contribution in [3.8, 4) is 0 Å². The maximum atomic E-state index is 11.9. The third-order valence-corrected chi connectivity index (χ3v) is 3.98. The van der Waals surface area contributed by atoms with Gasteiger partial charge >= 0.3 is 0 Å². The SMILES string of the molecule is CC(C)(CNC(=O)CC1CCCCCC1)C(N)=NO. The minimum Gasteiger partial charge on any atom is -0.409 e. The molecule has 0 spiro atoms. The van der Waals surface area contributed by atoms with E-state index in [1.54, 1.807) is 0 Å². The maximum absolute atomic E-state index is 11.9. The molecule has 19 heavy (non-hydrogen) atoms. The lowest BCUT2D eigenvalue weighted by Crippen LogP contribution is -2.42. The van der Waals surface area contributed by atoms with Gasteiger partial charge in [0.25, 0.3) is 0 Å². The molecular weight excluding hydrogens is 242 g/mol. The monoisotopic (exact) mass is 269 g/mol. The fraction of sp³-hybridized carbons (Fsp3) is 0.857. The lowest BCUT2D eigenvalue weighted by atomic mass is 9.91. The fourth-order valence-electron chi connectivity index (χ4n) is 2.45. The highest BCUT2D eigenvalue weighted by atomic mass is 16.4. The van der Waals surface area contributed by atoms with E-state index in [2.05, 4.69) is 10.5 Å². The van der Waals surface area contributed by atoms with E-state index >= 15 is 0 Å². The van der Waals surface area contributed by atoms with Crippen LogP contribution in [0, 0.1) is 11.3 Å². The number of rotatable bonds is 5. The molecule has 5 nitrogen and oxygen atoms in total. The van der Waals surface area contributed by atoms with Gasteiger partial charge in [-0.05, 0) is 18.8 Å². The number of carbonyl (C=O) groups is 1. The van der Waals surface area contributed by atoms with Gasteiger partial charge in [0.2, 0.25) is 5.91 Å². The normalized spacial score (nSPS) is 18.9. The zero-order valence-corrected chi connectivity index (χ0v) is 12.1. The van der Waals surface area contributed by atoms with Crippen molar-refractivity contribution < 1.29 is 10.0 Å². The average molecular weight is 269 g/mol. The number of nitrogens with two attached hydrogens (primary N) is 1. The molecule has 1 rings (SSSR count). The summed E-state index contributed by atoms with van der Waals surface area (Å²) in [6, 6.07) is 0. The molecule has 4 N–H and O–H groups in total. The Balaban J connectivity index is 2.34. The second kappa shape index (κ2) is 7.36. The van der Waals surface area contributed by atoms with Gasteiger partial charge in [0, 0.05) is 18.4 Å². The van der Waals surface area contributed by atoms with E-state index in [1.165, 1.54) is 25.7 Å². The zero-order valence-electron chi connectivity index (χ0n) is 12.1. The Morgan fingerprint density at radius 3 is 2.42 bits per heavy atom. The zero-order chi connectivity index (χ0) is 14.3. The second-order valence-electron chi connectivity index (χ2n) is 6.21. The van der Waals surface area contributed by atoms with E-state index in [-0.39, 0.29) is 11.7 Å². The molecule has 0 heterocycles. The number of oxime groups is 1. The highest BCUT2D eigenvalue weighted by Gasteiger charge is 2.25. The third kappa shape index (κ3) is 5.49. The van der Waals surface area contributed by atoms with Crippen molar-refractivity contribution in [1.29, 1.82) is 0 Å². The van der Waals surface area contributed by atoms with Crippen molar-refractivity contribution in [2.45, 2.75) is 58.8 Å². The van der Waals surface area contributed by atoms with Crippen LogP contribution in [0.4, 0.5) is 0 Å². The van der Waals surface area contributed by atoms with Crippen molar-refractivity contribution in [2.75, 3.05) is 6.54 Å². The van der Waals surface area contributed by atoms with E-state index in [4.69, 9.17) is 10.9 Å².